The van der Waals surface area contributed by atoms with Crippen LogP contribution in [0.25, 0.3) is 0 Å². The summed E-state index contributed by atoms with van der Waals surface area (Å²) in [5.74, 6) is -0.0462. The van der Waals surface area contributed by atoms with E-state index in [4.69, 9.17) is 4.74 Å². The second-order valence-electron chi connectivity index (χ2n) is 24.2. The molecule has 0 fully saturated rings. The van der Waals surface area contributed by atoms with Gasteiger partial charge in [0.15, 0.2) is 0 Å². The van der Waals surface area contributed by atoms with Gasteiger partial charge in [-0.2, -0.15) is 0 Å². The van der Waals surface area contributed by atoms with Crippen molar-refractivity contribution in [2.45, 2.75) is 411 Å². The Bertz CT molecular complexity index is 1140. The quantitative estimate of drug-likeness (QED) is 0.0320. The molecule has 76 heavy (non-hydrogen) atoms. The third-order valence-corrected chi connectivity index (χ3v) is 16.6. The van der Waals surface area contributed by atoms with Crippen molar-refractivity contribution in [2.75, 3.05) is 13.2 Å². The number of aliphatic hydroxyl groups is 2. The molecule has 6 heteroatoms. The molecular weight excluding hydrogens is 935 g/mol. The van der Waals surface area contributed by atoms with Crippen LogP contribution in [0.2, 0.25) is 0 Å². The second-order valence-corrected chi connectivity index (χ2v) is 24.2. The molecule has 0 aliphatic heterocycles. The lowest BCUT2D eigenvalue weighted by Crippen LogP contribution is -2.45. The third kappa shape index (κ3) is 61.8. The number of nitrogens with one attached hydrogen (secondary N) is 1. The van der Waals surface area contributed by atoms with Crippen LogP contribution in [0.3, 0.4) is 0 Å². The van der Waals surface area contributed by atoms with Gasteiger partial charge in [-0.15, -0.1) is 0 Å². The Kier molecular flexibility index (Phi) is 64.9. The number of hydrogen-bond acceptors (Lipinski definition) is 5. The fraction of sp³-hybridized carbons (Fsp3) is 0.943. The summed E-state index contributed by atoms with van der Waals surface area (Å²) in [5.41, 5.74) is 0. The van der Waals surface area contributed by atoms with E-state index in [1.165, 1.54) is 334 Å². The number of hydrogen-bond donors (Lipinski definition) is 3. The summed E-state index contributed by atoms with van der Waals surface area (Å²) in [7, 11) is 0. The van der Waals surface area contributed by atoms with Crippen molar-refractivity contribution in [3.63, 3.8) is 0 Å². The van der Waals surface area contributed by atoms with E-state index in [1.807, 2.05) is 6.08 Å². The fourth-order valence-electron chi connectivity index (χ4n) is 11.2. The molecule has 0 aromatic carbocycles. The monoisotopic (exact) mass is 1070 g/mol. The average molecular weight is 1070 g/mol. The molecule has 0 aromatic rings. The summed E-state index contributed by atoms with van der Waals surface area (Å²) < 4.78 is 5.50. The van der Waals surface area contributed by atoms with Crippen LogP contribution in [0, 0.1) is 0 Å². The van der Waals surface area contributed by atoms with E-state index in [0.717, 1.165) is 38.5 Å². The zero-order valence-corrected chi connectivity index (χ0v) is 51.8. The molecule has 0 saturated heterocycles. The molecule has 0 aliphatic carbocycles. The number of carbonyl (C=O) groups excluding carboxylic acids is 2. The van der Waals surface area contributed by atoms with Gasteiger partial charge in [0.2, 0.25) is 5.91 Å². The molecule has 0 radical (unpaired) electrons. The molecule has 0 spiro atoms. The van der Waals surface area contributed by atoms with Gasteiger partial charge in [0.25, 0.3) is 0 Å². The number of rotatable bonds is 66. The number of ether oxygens (including phenoxy) is 1. The van der Waals surface area contributed by atoms with E-state index in [2.05, 4.69) is 19.2 Å². The summed E-state index contributed by atoms with van der Waals surface area (Å²) in [6, 6.07) is -0.628. The van der Waals surface area contributed by atoms with Crippen LogP contribution >= 0.6 is 0 Å². The lowest BCUT2D eigenvalue weighted by atomic mass is 10.0. The predicted octanol–water partition coefficient (Wildman–Crippen LogP) is 22.4. The van der Waals surface area contributed by atoms with Gasteiger partial charge >= 0.3 is 5.97 Å². The summed E-state index contributed by atoms with van der Waals surface area (Å²) in [6.45, 7) is 4.95. The Hall–Kier alpha value is -1.40. The Morgan fingerprint density at radius 1 is 0.355 bits per heavy atom. The maximum absolute atomic E-state index is 12.5. The molecule has 0 aliphatic rings. The fourth-order valence-corrected chi connectivity index (χ4v) is 11.2. The minimum absolute atomic E-state index is 0.0173. The summed E-state index contributed by atoms with van der Waals surface area (Å²) >= 11 is 0. The summed E-state index contributed by atoms with van der Waals surface area (Å²) in [4.78, 5) is 24.6. The number of esters is 1. The third-order valence-electron chi connectivity index (χ3n) is 16.6. The number of aliphatic hydroxyl groups excluding tert-OH is 2. The minimum Gasteiger partial charge on any atom is -0.466 e. The van der Waals surface area contributed by atoms with Crippen LogP contribution < -0.4 is 5.32 Å². The van der Waals surface area contributed by atoms with Crippen LogP contribution in [0.1, 0.15) is 399 Å². The van der Waals surface area contributed by atoms with Crippen LogP contribution in [-0.4, -0.2) is 47.4 Å². The standard InChI is InChI=1S/C70H137NO5/c1-3-5-7-9-11-13-15-17-19-21-22-25-28-31-34-38-42-46-50-54-58-62-68(73)67(66-72)71-69(74)63-59-55-51-47-43-39-35-32-29-26-23-24-27-30-33-37-41-45-49-53-57-61-65-76-70(75)64-60-56-52-48-44-40-36-20-18-16-14-12-10-8-6-4-2/h58,62,67-68,72-73H,3-57,59-61,63-66H2,1-2H3,(H,71,74)/b62-58+. The molecule has 0 saturated carbocycles. The van der Waals surface area contributed by atoms with Crippen molar-refractivity contribution in [1.29, 1.82) is 0 Å². The van der Waals surface area contributed by atoms with Crippen LogP contribution in [0.15, 0.2) is 12.2 Å². The van der Waals surface area contributed by atoms with Gasteiger partial charge in [-0.25, -0.2) is 0 Å². The van der Waals surface area contributed by atoms with Crippen molar-refractivity contribution in [3.05, 3.63) is 12.2 Å². The van der Waals surface area contributed by atoms with E-state index in [-0.39, 0.29) is 18.5 Å². The van der Waals surface area contributed by atoms with Gasteiger partial charge in [-0.1, -0.05) is 366 Å². The number of unbranched alkanes of at least 4 members (excludes halogenated alkanes) is 55. The lowest BCUT2D eigenvalue weighted by molar-refractivity contribution is -0.143. The highest BCUT2D eigenvalue weighted by atomic mass is 16.5. The molecule has 0 bridgehead atoms. The molecule has 452 valence electrons. The van der Waals surface area contributed by atoms with Crippen molar-refractivity contribution in [2.24, 2.45) is 0 Å². The molecular formula is C70H137NO5. The molecule has 2 atom stereocenters. The molecule has 3 N–H and O–H groups in total. The van der Waals surface area contributed by atoms with Crippen LogP contribution in [-0.2, 0) is 14.3 Å². The van der Waals surface area contributed by atoms with Gasteiger partial charge in [-0.05, 0) is 32.1 Å². The highest BCUT2D eigenvalue weighted by Gasteiger charge is 2.18. The van der Waals surface area contributed by atoms with Crippen LogP contribution in [0.5, 0.6) is 0 Å². The normalized spacial score (nSPS) is 12.5. The van der Waals surface area contributed by atoms with Gasteiger partial charge < -0.3 is 20.3 Å². The molecule has 0 aromatic heterocycles. The molecule has 2 unspecified atom stereocenters. The highest BCUT2D eigenvalue weighted by Crippen LogP contribution is 2.19. The molecule has 6 nitrogen and oxygen atoms in total. The SMILES string of the molecule is CCCCCCCCCCCCCCCCCCCCC/C=C/C(O)C(CO)NC(=O)CCCCCCCCCCCCCCCCCCCCCCCCOC(=O)CCCCCCCCCCCCCCCCCC. The average Bonchev–Trinajstić information content (AvgIpc) is 3.42. The first-order valence-corrected chi connectivity index (χ1v) is 35.0. The molecule has 1 amide bonds. The zero-order valence-electron chi connectivity index (χ0n) is 51.8. The first-order chi connectivity index (χ1) is 37.5. The number of allylic oxidation sites excluding steroid dienone is 1. The smallest absolute Gasteiger partial charge is 0.305 e. The largest absolute Gasteiger partial charge is 0.466 e. The van der Waals surface area contributed by atoms with E-state index < -0.39 is 12.1 Å². The first-order valence-electron chi connectivity index (χ1n) is 35.0. The highest BCUT2D eigenvalue weighted by molar-refractivity contribution is 5.76. The van der Waals surface area contributed by atoms with Gasteiger partial charge in [0, 0.05) is 12.8 Å². The lowest BCUT2D eigenvalue weighted by Gasteiger charge is -2.20. The van der Waals surface area contributed by atoms with Gasteiger partial charge in [-0.3, -0.25) is 9.59 Å². The summed E-state index contributed by atoms with van der Waals surface area (Å²) in [6.07, 6.45) is 81.4. The van der Waals surface area contributed by atoms with Crippen molar-refractivity contribution < 1.29 is 24.5 Å². The maximum Gasteiger partial charge on any atom is 0.305 e. The van der Waals surface area contributed by atoms with Gasteiger partial charge in [0.05, 0.1) is 25.4 Å². The van der Waals surface area contributed by atoms with Crippen LogP contribution in [0.4, 0.5) is 0 Å². The topological polar surface area (TPSA) is 95.9 Å². The maximum atomic E-state index is 12.5. The zero-order chi connectivity index (χ0) is 55.0. The van der Waals surface area contributed by atoms with Gasteiger partial charge in [0.1, 0.15) is 0 Å². The molecule has 0 heterocycles. The van der Waals surface area contributed by atoms with Crippen molar-refractivity contribution in [1.82, 2.24) is 5.32 Å². The van der Waals surface area contributed by atoms with E-state index in [1.54, 1.807) is 6.08 Å². The Morgan fingerprint density at radius 3 is 0.895 bits per heavy atom. The predicted molar refractivity (Wildman–Crippen MR) is 333 cm³/mol. The van der Waals surface area contributed by atoms with E-state index >= 15 is 0 Å². The Labute approximate surface area is 476 Å². The summed E-state index contributed by atoms with van der Waals surface area (Å²) in [5, 5.41) is 23.2. The number of amides is 1. The second kappa shape index (κ2) is 66.1. The minimum atomic E-state index is -0.845. The van der Waals surface area contributed by atoms with E-state index in [0.29, 0.717) is 19.4 Å². The molecule has 0 rings (SSSR count). The Morgan fingerprint density at radius 2 is 0.605 bits per heavy atom. The van der Waals surface area contributed by atoms with Crippen molar-refractivity contribution in [3.8, 4) is 0 Å². The Balaban J connectivity index is 3.39. The number of carbonyl (C=O) groups is 2. The first kappa shape index (κ1) is 74.6. The van der Waals surface area contributed by atoms with Crippen molar-refractivity contribution >= 4 is 11.9 Å². The van der Waals surface area contributed by atoms with E-state index in [9.17, 15) is 19.8 Å².